The first-order valence-corrected chi connectivity index (χ1v) is 7.76. The first-order valence-electron chi connectivity index (χ1n) is 7.76. The molecule has 0 radical (unpaired) electrons. The lowest BCUT2D eigenvalue weighted by atomic mass is 10.1. The molecule has 114 valence electrons. The minimum Gasteiger partial charge on any atom is -0.372 e. The van der Waals surface area contributed by atoms with Crippen molar-refractivity contribution in [3.8, 4) is 0 Å². The van der Waals surface area contributed by atoms with Crippen LogP contribution >= 0.6 is 0 Å². The van der Waals surface area contributed by atoms with Crippen LogP contribution in [0.3, 0.4) is 0 Å². The van der Waals surface area contributed by atoms with E-state index in [1.807, 2.05) is 0 Å². The Morgan fingerprint density at radius 1 is 1.18 bits per heavy atom. The third-order valence-electron chi connectivity index (χ3n) is 4.32. The van der Waals surface area contributed by atoms with Gasteiger partial charge in [-0.05, 0) is 32.4 Å². The predicted molar refractivity (Wildman–Crippen MR) is 88.4 cm³/mol. The fourth-order valence-corrected chi connectivity index (χ4v) is 3.49. The van der Waals surface area contributed by atoms with Crippen molar-refractivity contribution in [2.24, 2.45) is 0 Å². The molecule has 1 N–H and O–H groups in total. The standard InChI is InChI=1S/C17H20N4O/c1-10-5-4-6-13-14(10)15-16(20-13)17(19-9-18-15)21-7-11(2)22-12(3)8-21/h4-6,9,11-12,20H,7-8H2,1-3H3/t11-,12-/m0/s1. The minimum atomic E-state index is 0.208. The fraction of sp³-hybridized carbons (Fsp3) is 0.412. The van der Waals surface area contributed by atoms with Crippen molar-refractivity contribution < 1.29 is 4.74 Å². The van der Waals surface area contributed by atoms with E-state index in [0.717, 1.165) is 35.5 Å². The summed E-state index contributed by atoms with van der Waals surface area (Å²) in [7, 11) is 0. The average Bonchev–Trinajstić information content (AvgIpc) is 2.85. The largest absolute Gasteiger partial charge is 0.372 e. The third kappa shape index (κ3) is 2.04. The fourth-order valence-electron chi connectivity index (χ4n) is 3.49. The molecule has 0 bridgehead atoms. The van der Waals surface area contributed by atoms with Gasteiger partial charge in [-0.2, -0.15) is 0 Å². The predicted octanol–water partition coefficient (Wildman–Crippen LogP) is 3.03. The highest BCUT2D eigenvalue weighted by atomic mass is 16.5. The highest BCUT2D eigenvalue weighted by Gasteiger charge is 2.25. The first-order chi connectivity index (χ1) is 10.6. The SMILES string of the molecule is Cc1cccc2[nH]c3c(N4C[C@H](C)O[C@@H](C)C4)ncnc3c12. The molecule has 3 aromatic rings. The molecule has 3 heterocycles. The van der Waals surface area contributed by atoms with Crippen molar-refractivity contribution >= 4 is 27.8 Å². The smallest absolute Gasteiger partial charge is 0.156 e. The van der Waals surface area contributed by atoms with E-state index < -0.39 is 0 Å². The van der Waals surface area contributed by atoms with Crippen LogP contribution in [0.1, 0.15) is 19.4 Å². The molecule has 1 aromatic carbocycles. The quantitative estimate of drug-likeness (QED) is 0.750. The van der Waals surface area contributed by atoms with Crippen LogP contribution in [-0.4, -0.2) is 40.2 Å². The molecule has 1 saturated heterocycles. The van der Waals surface area contributed by atoms with E-state index in [1.54, 1.807) is 6.33 Å². The van der Waals surface area contributed by atoms with Gasteiger partial charge in [0, 0.05) is 24.0 Å². The summed E-state index contributed by atoms with van der Waals surface area (Å²) in [5.41, 5.74) is 4.38. The molecular weight excluding hydrogens is 276 g/mol. The maximum Gasteiger partial charge on any atom is 0.156 e. The van der Waals surface area contributed by atoms with Crippen LogP contribution in [-0.2, 0) is 4.74 Å². The van der Waals surface area contributed by atoms with E-state index >= 15 is 0 Å². The molecule has 5 heteroatoms. The number of H-pyrrole nitrogens is 1. The number of aryl methyl sites for hydroxylation is 1. The number of fused-ring (bicyclic) bond motifs is 3. The molecule has 1 aliphatic heterocycles. The number of aromatic amines is 1. The molecule has 0 amide bonds. The first kappa shape index (κ1) is 13.5. The second-order valence-electron chi connectivity index (χ2n) is 6.21. The molecule has 1 aliphatic rings. The number of anilines is 1. The number of morpholine rings is 1. The van der Waals surface area contributed by atoms with E-state index in [4.69, 9.17) is 4.74 Å². The van der Waals surface area contributed by atoms with Crippen molar-refractivity contribution in [2.75, 3.05) is 18.0 Å². The number of ether oxygens (including phenoxy) is 1. The molecule has 22 heavy (non-hydrogen) atoms. The van der Waals surface area contributed by atoms with Crippen LogP contribution in [0.15, 0.2) is 24.5 Å². The summed E-state index contributed by atoms with van der Waals surface area (Å²) in [5.74, 6) is 0.975. The Hall–Kier alpha value is -2.14. The number of hydrogen-bond donors (Lipinski definition) is 1. The summed E-state index contributed by atoms with van der Waals surface area (Å²) >= 11 is 0. The topological polar surface area (TPSA) is 54.0 Å². The number of hydrogen-bond acceptors (Lipinski definition) is 4. The minimum absolute atomic E-state index is 0.208. The van der Waals surface area contributed by atoms with Crippen molar-refractivity contribution in [1.82, 2.24) is 15.0 Å². The lowest BCUT2D eigenvalue weighted by Crippen LogP contribution is -2.46. The third-order valence-corrected chi connectivity index (χ3v) is 4.32. The second-order valence-corrected chi connectivity index (χ2v) is 6.21. The number of nitrogens with zero attached hydrogens (tertiary/aromatic N) is 3. The van der Waals surface area contributed by atoms with Crippen LogP contribution in [0.25, 0.3) is 21.9 Å². The molecule has 0 saturated carbocycles. The molecule has 0 aliphatic carbocycles. The Morgan fingerprint density at radius 3 is 2.73 bits per heavy atom. The van der Waals surface area contributed by atoms with Gasteiger partial charge in [0.2, 0.25) is 0 Å². The summed E-state index contributed by atoms with van der Waals surface area (Å²) in [6.07, 6.45) is 2.09. The Morgan fingerprint density at radius 2 is 1.95 bits per heavy atom. The van der Waals surface area contributed by atoms with Crippen LogP contribution < -0.4 is 4.90 Å². The second kappa shape index (κ2) is 4.95. The van der Waals surface area contributed by atoms with Crippen LogP contribution in [0.5, 0.6) is 0 Å². The molecule has 2 aromatic heterocycles. The van der Waals surface area contributed by atoms with Crippen LogP contribution in [0.2, 0.25) is 0 Å². The van der Waals surface area contributed by atoms with Gasteiger partial charge in [0.05, 0.1) is 12.2 Å². The van der Waals surface area contributed by atoms with E-state index in [9.17, 15) is 0 Å². The van der Waals surface area contributed by atoms with Gasteiger partial charge >= 0.3 is 0 Å². The van der Waals surface area contributed by atoms with Crippen LogP contribution in [0.4, 0.5) is 5.82 Å². The Bertz CT molecular complexity index is 831. The molecule has 2 atom stereocenters. The zero-order chi connectivity index (χ0) is 15.3. The summed E-state index contributed by atoms with van der Waals surface area (Å²) in [6.45, 7) is 8.04. The van der Waals surface area contributed by atoms with Gasteiger partial charge in [-0.15, -0.1) is 0 Å². The molecule has 4 rings (SSSR count). The lowest BCUT2D eigenvalue weighted by Gasteiger charge is -2.36. The van der Waals surface area contributed by atoms with Gasteiger partial charge in [-0.25, -0.2) is 9.97 Å². The number of benzene rings is 1. The number of nitrogens with one attached hydrogen (secondary N) is 1. The maximum atomic E-state index is 5.83. The van der Waals surface area contributed by atoms with Gasteiger partial charge in [-0.1, -0.05) is 12.1 Å². The average molecular weight is 296 g/mol. The summed E-state index contributed by atoms with van der Waals surface area (Å²) in [6, 6.07) is 6.29. The van der Waals surface area contributed by atoms with E-state index in [-0.39, 0.29) is 12.2 Å². The summed E-state index contributed by atoms with van der Waals surface area (Å²) in [5, 5.41) is 1.19. The Labute approximate surface area is 129 Å². The molecule has 5 nitrogen and oxygen atoms in total. The van der Waals surface area contributed by atoms with E-state index in [1.165, 1.54) is 10.9 Å². The van der Waals surface area contributed by atoms with Gasteiger partial charge in [0.25, 0.3) is 0 Å². The van der Waals surface area contributed by atoms with Crippen molar-refractivity contribution in [3.05, 3.63) is 30.1 Å². The normalized spacial score (nSPS) is 22.6. The van der Waals surface area contributed by atoms with Gasteiger partial charge < -0.3 is 14.6 Å². The van der Waals surface area contributed by atoms with Gasteiger partial charge in [-0.3, -0.25) is 0 Å². The van der Waals surface area contributed by atoms with Crippen molar-refractivity contribution in [2.45, 2.75) is 33.0 Å². The Balaban J connectivity index is 1.91. The number of rotatable bonds is 1. The molecule has 0 unspecified atom stereocenters. The summed E-state index contributed by atoms with van der Waals surface area (Å²) in [4.78, 5) is 14.9. The van der Waals surface area contributed by atoms with Crippen molar-refractivity contribution in [3.63, 3.8) is 0 Å². The Kier molecular flexibility index (Phi) is 3.04. The zero-order valence-corrected chi connectivity index (χ0v) is 13.1. The molecule has 0 spiro atoms. The monoisotopic (exact) mass is 296 g/mol. The van der Waals surface area contributed by atoms with Gasteiger partial charge in [0.1, 0.15) is 17.4 Å². The van der Waals surface area contributed by atoms with Crippen LogP contribution in [0, 0.1) is 6.92 Å². The molecular formula is C17H20N4O. The van der Waals surface area contributed by atoms with Crippen molar-refractivity contribution in [1.29, 1.82) is 0 Å². The maximum absolute atomic E-state index is 5.83. The van der Waals surface area contributed by atoms with E-state index in [2.05, 4.69) is 58.8 Å². The number of aromatic nitrogens is 3. The van der Waals surface area contributed by atoms with Gasteiger partial charge in [0.15, 0.2) is 5.82 Å². The highest BCUT2D eigenvalue weighted by molar-refractivity contribution is 6.09. The zero-order valence-electron chi connectivity index (χ0n) is 13.1. The summed E-state index contributed by atoms with van der Waals surface area (Å²) < 4.78 is 5.83. The lowest BCUT2D eigenvalue weighted by molar-refractivity contribution is -0.00537. The molecule has 1 fully saturated rings. The van der Waals surface area contributed by atoms with E-state index in [0.29, 0.717) is 0 Å². The highest BCUT2D eigenvalue weighted by Crippen LogP contribution is 2.32.